The Balaban J connectivity index is 1.58. The van der Waals surface area contributed by atoms with Gasteiger partial charge in [-0.1, -0.05) is 32.4 Å². The molecule has 0 radical (unpaired) electrons. The Morgan fingerprint density at radius 2 is 1.87 bits per heavy atom. The normalized spacial score (nSPS) is 16.1. The molecule has 0 bridgehead atoms. The van der Waals surface area contributed by atoms with Crippen molar-refractivity contribution in [1.82, 2.24) is 0 Å². The smallest absolute Gasteiger partial charge is 0.292 e. The molecular formula is C24H25ClN2O3S. The molecular weight excluding hydrogens is 432 g/mol. The number of nitrogens with one attached hydrogen (secondary N) is 1. The monoisotopic (exact) mass is 456 g/mol. The Morgan fingerprint density at radius 1 is 1.16 bits per heavy atom. The van der Waals surface area contributed by atoms with Crippen LogP contribution in [-0.2, 0) is 12.8 Å². The summed E-state index contributed by atoms with van der Waals surface area (Å²) in [5, 5.41) is 3.99. The molecule has 3 aromatic rings. The summed E-state index contributed by atoms with van der Waals surface area (Å²) < 4.78 is 5.74. The van der Waals surface area contributed by atoms with Gasteiger partial charge in [-0.05, 0) is 72.6 Å². The molecule has 5 nitrogen and oxygen atoms in total. The first-order valence-electron chi connectivity index (χ1n) is 10.2. The lowest BCUT2D eigenvalue weighted by Gasteiger charge is -2.33. The second kappa shape index (κ2) is 8.17. The Morgan fingerprint density at radius 3 is 2.52 bits per heavy atom. The first kappa shape index (κ1) is 21.7. The van der Waals surface area contributed by atoms with Crippen molar-refractivity contribution in [2.75, 3.05) is 5.32 Å². The maximum atomic E-state index is 12.9. The quantitative estimate of drug-likeness (QED) is 0.492. The minimum absolute atomic E-state index is 0.166. The van der Waals surface area contributed by atoms with Crippen molar-refractivity contribution in [3.8, 4) is 11.3 Å². The van der Waals surface area contributed by atoms with E-state index in [1.54, 1.807) is 24.3 Å². The van der Waals surface area contributed by atoms with E-state index in [0.29, 0.717) is 27.3 Å². The van der Waals surface area contributed by atoms with Gasteiger partial charge in [0.1, 0.15) is 10.8 Å². The molecule has 2 amide bonds. The van der Waals surface area contributed by atoms with Gasteiger partial charge in [0.2, 0.25) is 0 Å². The minimum atomic E-state index is -0.511. The van der Waals surface area contributed by atoms with Crippen LogP contribution in [0.4, 0.5) is 5.00 Å². The van der Waals surface area contributed by atoms with E-state index in [0.717, 1.165) is 35.3 Å². The molecule has 1 aliphatic carbocycles. The number of nitrogens with two attached hydrogens (primary N) is 1. The molecule has 2 heterocycles. The second-order valence-electron chi connectivity index (χ2n) is 9.00. The van der Waals surface area contributed by atoms with Crippen LogP contribution >= 0.6 is 22.9 Å². The fraction of sp³-hybridized carbons (Fsp3) is 0.333. The first-order chi connectivity index (χ1) is 14.6. The topological polar surface area (TPSA) is 85.3 Å². The summed E-state index contributed by atoms with van der Waals surface area (Å²) >= 11 is 7.38. The van der Waals surface area contributed by atoms with Crippen LogP contribution in [0.5, 0.6) is 0 Å². The zero-order chi connectivity index (χ0) is 22.3. The molecule has 7 heteroatoms. The van der Waals surface area contributed by atoms with E-state index in [4.69, 9.17) is 21.8 Å². The summed E-state index contributed by atoms with van der Waals surface area (Å²) in [5.74, 6) is 0.335. The maximum Gasteiger partial charge on any atom is 0.292 e. The number of furan rings is 1. The van der Waals surface area contributed by atoms with Gasteiger partial charge in [-0.3, -0.25) is 9.59 Å². The third kappa shape index (κ3) is 4.41. The van der Waals surface area contributed by atoms with Gasteiger partial charge in [0.15, 0.2) is 5.76 Å². The fourth-order valence-corrected chi connectivity index (χ4v) is 5.52. The van der Waals surface area contributed by atoms with E-state index in [1.165, 1.54) is 11.3 Å². The summed E-state index contributed by atoms with van der Waals surface area (Å²) in [6.45, 7) is 6.72. The third-order valence-corrected chi connectivity index (χ3v) is 7.34. The average Bonchev–Trinajstić information content (AvgIpc) is 3.32. The number of thiophene rings is 1. The molecule has 0 saturated carbocycles. The standard InChI is InChI=1S/C24H25ClN2O3S/c1-24(2,3)14-6-9-16-19(12-14)31-23(20(16)21(26)28)27-22(29)18-11-10-17(30-18)13-4-7-15(25)8-5-13/h4-5,7-8,10-11,14H,6,9,12H2,1-3H3,(H2,26,28)(H,27,29)/t14-/m1/s1. The lowest BCUT2D eigenvalue weighted by atomic mass is 9.72. The van der Waals surface area contributed by atoms with Gasteiger partial charge in [0, 0.05) is 15.5 Å². The number of hydrogen-bond acceptors (Lipinski definition) is 4. The summed E-state index contributed by atoms with van der Waals surface area (Å²) in [5.41, 5.74) is 8.11. The molecule has 1 aromatic carbocycles. The molecule has 4 rings (SSSR count). The molecule has 0 aliphatic heterocycles. The molecule has 162 valence electrons. The minimum Gasteiger partial charge on any atom is -0.451 e. The molecule has 31 heavy (non-hydrogen) atoms. The van der Waals surface area contributed by atoms with Crippen LogP contribution in [0.3, 0.4) is 0 Å². The predicted octanol–water partition coefficient (Wildman–Crippen LogP) is 6.16. The Hall–Kier alpha value is -2.57. The van der Waals surface area contributed by atoms with Crippen molar-refractivity contribution in [1.29, 1.82) is 0 Å². The summed E-state index contributed by atoms with van der Waals surface area (Å²) in [6, 6.07) is 10.5. The number of halogens is 1. The highest BCUT2D eigenvalue weighted by Crippen LogP contribution is 2.44. The zero-order valence-electron chi connectivity index (χ0n) is 17.8. The van der Waals surface area contributed by atoms with Gasteiger partial charge >= 0.3 is 0 Å². The summed E-state index contributed by atoms with van der Waals surface area (Å²) in [4.78, 5) is 26.2. The van der Waals surface area contributed by atoms with Crippen LogP contribution in [-0.4, -0.2) is 11.8 Å². The molecule has 0 saturated heterocycles. The van der Waals surface area contributed by atoms with Gasteiger partial charge < -0.3 is 15.5 Å². The molecule has 0 fully saturated rings. The van der Waals surface area contributed by atoms with Crippen molar-refractivity contribution in [2.24, 2.45) is 17.1 Å². The fourth-order valence-electron chi connectivity index (χ4n) is 4.07. The van der Waals surface area contributed by atoms with Crippen molar-refractivity contribution < 1.29 is 14.0 Å². The molecule has 1 atom stereocenters. The highest BCUT2D eigenvalue weighted by molar-refractivity contribution is 7.17. The summed E-state index contributed by atoms with van der Waals surface area (Å²) in [7, 11) is 0. The maximum absolute atomic E-state index is 12.9. The molecule has 1 aliphatic rings. The average molecular weight is 457 g/mol. The van der Waals surface area contributed by atoms with E-state index in [-0.39, 0.29) is 11.2 Å². The molecule has 0 spiro atoms. The number of primary amides is 1. The summed E-state index contributed by atoms with van der Waals surface area (Å²) in [6.07, 6.45) is 2.69. The van der Waals surface area contributed by atoms with Crippen LogP contribution in [0.25, 0.3) is 11.3 Å². The Bertz CT molecular complexity index is 1140. The van der Waals surface area contributed by atoms with Crippen molar-refractivity contribution in [3.05, 3.63) is 63.2 Å². The lowest BCUT2D eigenvalue weighted by Crippen LogP contribution is -2.27. The lowest BCUT2D eigenvalue weighted by molar-refractivity contribution is 0.0997. The van der Waals surface area contributed by atoms with Crippen molar-refractivity contribution in [3.63, 3.8) is 0 Å². The van der Waals surface area contributed by atoms with Crippen LogP contribution in [0.2, 0.25) is 5.02 Å². The predicted molar refractivity (Wildman–Crippen MR) is 125 cm³/mol. The van der Waals surface area contributed by atoms with Gasteiger partial charge in [-0.2, -0.15) is 0 Å². The van der Waals surface area contributed by atoms with Gasteiger partial charge in [-0.15, -0.1) is 11.3 Å². The van der Waals surface area contributed by atoms with E-state index in [9.17, 15) is 9.59 Å². The van der Waals surface area contributed by atoms with Crippen LogP contribution < -0.4 is 11.1 Å². The highest BCUT2D eigenvalue weighted by Gasteiger charge is 2.33. The molecule has 3 N–H and O–H groups in total. The second-order valence-corrected chi connectivity index (χ2v) is 10.5. The number of fused-ring (bicyclic) bond motifs is 1. The SMILES string of the molecule is CC(C)(C)[C@@H]1CCc2c(sc(NC(=O)c3ccc(-c4ccc(Cl)cc4)o3)c2C(N)=O)C1. The van der Waals surface area contributed by atoms with Crippen LogP contribution in [0.1, 0.15) is 58.5 Å². The number of rotatable bonds is 4. The Labute approximate surface area is 190 Å². The number of benzene rings is 1. The van der Waals surface area contributed by atoms with Gasteiger partial charge in [0.25, 0.3) is 11.8 Å². The number of carbonyl (C=O) groups is 2. The van der Waals surface area contributed by atoms with E-state index < -0.39 is 11.8 Å². The van der Waals surface area contributed by atoms with E-state index >= 15 is 0 Å². The zero-order valence-corrected chi connectivity index (χ0v) is 19.3. The Kier molecular flexibility index (Phi) is 5.71. The van der Waals surface area contributed by atoms with Crippen LogP contribution in [0, 0.1) is 11.3 Å². The van der Waals surface area contributed by atoms with Gasteiger partial charge in [-0.25, -0.2) is 0 Å². The highest BCUT2D eigenvalue weighted by atomic mass is 35.5. The first-order valence-corrected chi connectivity index (χ1v) is 11.4. The van der Waals surface area contributed by atoms with Gasteiger partial charge in [0.05, 0.1) is 5.56 Å². The van der Waals surface area contributed by atoms with Crippen LogP contribution in [0.15, 0.2) is 40.8 Å². The number of amides is 2. The molecule has 0 unspecified atom stereocenters. The number of hydrogen-bond donors (Lipinski definition) is 2. The molecule has 2 aromatic heterocycles. The third-order valence-electron chi connectivity index (χ3n) is 5.92. The van der Waals surface area contributed by atoms with Crippen molar-refractivity contribution >= 4 is 39.8 Å². The number of anilines is 1. The van der Waals surface area contributed by atoms with E-state index in [1.807, 2.05) is 12.1 Å². The van der Waals surface area contributed by atoms with Crippen molar-refractivity contribution in [2.45, 2.75) is 40.0 Å². The van der Waals surface area contributed by atoms with E-state index in [2.05, 4.69) is 26.1 Å². The largest absolute Gasteiger partial charge is 0.451 e. The number of carbonyl (C=O) groups excluding carboxylic acids is 2.